The first-order valence-electron chi connectivity index (χ1n) is 5.79. The quantitative estimate of drug-likeness (QED) is 0.760. The highest BCUT2D eigenvalue weighted by Crippen LogP contribution is 2.17. The number of rotatable bonds is 3. The summed E-state index contributed by atoms with van der Waals surface area (Å²) in [7, 11) is 0. The minimum absolute atomic E-state index is 0.699. The first-order valence-corrected chi connectivity index (χ1v) is 5.79. The molecule has 0 fully saturated rings. The van der Waals surface area contributed by atoms with E-state index < -0.39 is 0 Å². The fraction of sp³-hybridized carbons (Fsp3) is 0.0714. The predicted molar refractivity (Wildman–Crippen MR) is 68.9 cm³/mol. The van der Waals surface area contributed by atoms with E-state index in [0.717, 1.165) is 12.0 Å². The van der Waals surface area contributed by atoms with E-state index in [1.54, 1.807) is 0 Å². The molecule has 1 heterocycles. The molecule has 0 spiro atoms. The van der Waals surface area contributed by atoms with Gasteiger partial charge in [-0.3, -0.25) is 0 Å². The van der Waals surface area contributed by atoms with Crippen LogP contribution in [0.3, 0.4) is 0 Å². The van der Waals surface area contributed by atoms with Crippen LogP contribution in [0.5, 0.6) is 0 Å². The Balaban J connectivity index is 1.88. The number of H-pyrrole nitrogens is 1. The summed E-state index contributed by atoms with van der Waals surface area (Å²) >= 11 is 0. The van der Waals surface area contributed by atoms with Gasteiger partial charge in [0.15, 0.2) is 5.82 Å². The van der Waals surface area contributed by atoms with E-state index in [1.807, 2.05) is 18.2 Å². The van der Waals surface area contributed by atoms with Crippen molar-refractivity contribution in [2.24, 2.45) is 0 Å². The topological polar surface area (TPSA) is 54.5 Å². The molecular formula is C14H12N4. The second-order valence-corrected chi connectivity index (χ2v) is 4.11. The van der Waals surface area contributed by atoms with Crippen LogP contribution in [0, 0.1) is 0 Å². The van der Waals surface area contributed by atoms with Crippen LogP contribution in [0.15, 0.2) is 54.6 Å². The maximum atomic E-state index is 3.92. The number of aromatic nitrogens is 4. The van der Waals surface area contributed by atoms with Crippen LogP contribution in [0.25, 0.3) is 11.4 Å². The van der Waals surface area contributed by atoms with Gasteiger partial charge in [-0.15, -0.1) is 5.10 Å². The molecule has 3 rings (SSSR count). The zero-order valence-electron chi connectivity index (χ0n) is 9.74. The smallest absolute Gasteiger partial charge is 0.179 e. The Hall–Kier alpha value is -2.49. The van der Waals surface area contributed by atoms with Gasteiger partial charge in [0, 0.05) is 5.56 Å². The van der Waals surface area contributed by atoms with Crippen LogP contribution in [-0.2, 0) is 6.42 Å². The molecule has 0 saturated heterocycles. The molecule has 2 aromatic carbocycles. The van der Waals surface area contributed by atoms with E-state index in [9.17, 15) is 0 Å². The molecule has 4 nitrogen and oxygen atoms in total. The second-order valence-electron chi connectivity index (χ2n) is 4.11. The van der Waals surface area contributed by atoms with Crippen molar-refractivity contribution < 1.29 is 0 Å². The second kappa shape index (κ2) is 4.79. The van der Waals surface area contributed by atoms with Crippen molar-refractivity contribution in [3.63, 3.8) is 0 Å². The Morgan fingerprint density at radius 3 is 2.50 bits per heavy atom. The lowest BCUT2D eigenvalue weighted by atomic mass is 10.0. The molecular weight excluding hydrogens is 224 g/mol. The lowest BCUT2D eigenvalue weighted by molar-refractivity contribution is 0.881. The van der Waals surface area contributed by atoms with Gasteiger partial charge in [-0.1, -0.05) is 48.5 Å². The van der Waals surface area contributed by atoms with Crippen LogP contribution in [0.4, 0.5) is 0 Å². The number of nitrogens with one attached hydrogen (secondary N) is 1. The number of benzene rings is 2. The summed E-state index contributed by atoms with van der Waals surface area (Å²) in [6.45, 7) is 0. The Kier molecular flexibility index (Phi) is 2.84. The Bertz CT molecular complexity index is 617. The van der Waals surface area contributed by atoms with E-state index in [4.69, 9.17) is 0 Å². The molecule has 88 valence electrons. The molecule has 0 atom stereocenters. The molecule has 0 aliphatic rings. The number of nitrogens with zero attached hydrogens (tertiary/aromatic N) is 3. The number of hydrogen-bond acceptors (Lipinski definition) is 3. The summed E-state index contributed by atoms with van der Waals surface area (Å²) in [4.78, 5) is 0. The molecule has 0 aliphatic heterocycles. The summed E-state index contributed by atoms with van der Waals surface area (Å²) in [6, 6.07) is 18.6. The van der Waals surface area contributed by atoms with Gasteiger partial charge >= 0.3 is 0 Å². The summed E-state index contributed by atoms with van der Waals surface area (Å²) < 4.78 is 0. The fourth-order valence-corrected chi connectivity index (χ4v) is 1.94. The Morgan fingerprint density at radius 2 is 1.72 bits per heavy atom. The Morgan fingerprint density at radius 1 is 0.889 bits per heavy atom. The minimum Gasteiger partial charge on any atom is -0.239 e. The number of aromatic amines is 1. The van der Waals surface area contributed by atoms with E-state index in [1.165, 1.54) is 11.1 Å². The average Bonchev–Trinajstić information content (AvgIpc) is 2.94. The van der Waals surface area contributed by atoms with Gasteiger partial charge in [0.2, 0.25) is 0 Å². The van der Waals surface area contributed by atoms with Crippen LogP contribution < -0.4 is 0 Å². The average molecular weight is 236 g/mol. The predicted octanol–water partition coefficient (Wildman–Crippen LogP) is 2.46. The molecule has 0 radical (unpaired) electrons. The monoisotopic (exact) mass is 236 g/mol. The summed E-state index contributed by atoms with van der Waals surface area (Å²) in [5, 5.41) is 13.9. The third kappa shape index (κ3) is 2.27. The number of tetrazole rings is 1. The van der Waals surface area contributed by atoms with Crippen LogP contribution in [0.2, 0.25) is 0 Å². The van der Waals surface area contributed by atoms with Crippen molar-refractivity contribution in [2.75, 3.05) is 0 Å². The molecule has 18 heavy (non-hydrogen) atoms. The molecule has 0 amide bonds. The molecule has 3 aromatic rings. The lowest BCUT2D eigenvalue weighted by Crippen LogP contribution is -1.89. The van der Waals surface area contributed by atoms with E-state index in [-0.39, 0.29) is 0 Å². The third-order valence-corrected chi connectivity index (χ3v) is 2.80. The first-order chi connectivity index (χ1) is 8.92. The van der Waals surface area contributed by atoms with E-state index in [0.29, 0.717) is 5.82 Å². The van der Waals surface area contributed by atoms with Crippen LogP contribution >= 0.6 is 0 Å². The highest BCUT2D eigenvalue weighted by molar-refractivity contribution is 5.55. The van der Waals surface area contributed by atoms with Crippen molar-refractivity contribution in [1.29, 1.82) is 0 Å². The summed E-state index contributed by atoms with van der Waals surface area (Å²) in [6.07, 6.45) is 0.913. The summed E-state index contributed by atoms with van der Waals surface area (Å²) in [5.41, 5.74) is 3.55. The van der Waals surface area contributed by atoms with Gasteiger partial charge in [0.1, 0.15) is 0 Å². The normalized spacial score (nSPS) is 10.4. The molecule has 0 aliphatic carbocycles. The van der Waals surface area contributed by atoms with E-state index >= 15 is 0 Å². The van der Waals surface area contributed by atoms with Crippen molar-refractivity contribution in [3.05, 3.63) is 65.7 Å². The Labute approximate surface area is 105 Å². The molecule has 1 aromatic heterocycles. The summed E-state index contributed by atoms with van der Waals surface area (Å²) in [5.74, 6) is 0.699. The molecule has 0 bridgehead atoms. The standard InChI is InChI=1S/C14H12N4/c1-2-5-11(6-3-1)9-12-7-4-8-13(10-12)14-15-17-18-16-14/h1-8,10H,9H2,(H,15,16,17,18). The van der Waals surface area contributed by atoms with Crippen molar-refractivity contribution in [2.45, 2.75) is 6.42 Å². The molecule has 0 saturated carbocycles. The van der Waals surface area contributed by atoms with Gasteiger partial charge in [0.05, 0.1) is 0 Å². The van der Waals surface area contributed by atoms with Gasteiger partial charge in [-0.05, 0) is 34.0 Å². The van der Waals surface area contributed by atoms with Crippen molar-refractivity contribution in [3.8, 4) is 11.4 Å². The van der Waals surface area contributed by atoms with Crippen molar-refractivity contribution in [1.82, 2.24) is 20.6 Å². The van der Waals surface area contributed by atoms with Crippen LogP contribution in [-0.4, -0.2) is 20.6 Å². The zero-order chi connectivity index (χ0) is 12.2. The molecule has 0 unspecified atom stereocenters. The maximum Gasteiger partial charge on any atom is 0.179 e. The van der Waals surface area contributed by atoms with Crippen molar-refractivity contribution >= 4 is 0 Å². The highest BCUT2D eigenvalue weighted by atomic mass is 15.5. The maximum absolute atomic E-state index is 3.92. The van der Waals surface area contributed by atoms with E-state index in [2.05, 4.69) is 57.0 Å². The SMILES string of the molecule is c1ccc(Cc2cccc(-c3nnn[nH]3)c2)cc1. The highest BCUT2D eigenvalue weighted by Gasteiger charge is 2.03. The molecule has 4 heteroatoms. The van der Waals surface area contributed by atoms with Gasteiger partial charge in [0.25, 0.3) is 0 Å². The largest absolute Gasteiger partial charge is 0.239 e. The molecule has 1 N–H and O–H groups in total. The number of hydrogen-bond donors (Lipinski definition) is 1. The fourth-order valence-electron chi connectivity index (χ4n) is 1.94. The van der Waals surface area contributed by atoms with Gasteiger partial charge in [-0.25, -0.2) is 5.10 Å². The van der Waals surface area contributed by atoms with Gasteiger partial charge < -0.3 is 0 Å². The first kappa shape index (κ1) is 10.7. The third-order valence-electron chi connectivity index (χ3n) is 2.80. The minimum atomic E-state index is 0.699. The van der Waals surface area contributed by atoms with Gasteiger partial charge in [-0.2, -0.15) is 0 Å². The lowest BCUT2D eigenvalue weighted by Gasteiger charge is -2.03. The van der Waals surface area contributed by atoms with Crippen LogP contribution in [0.1, 0.15) is 11.1 Å². The zero-order valence-corrected chi connectivity index (χ0v) is 9.74.